The molecule has 0 unspecified atom stereocenters. The molecule has 0 amide bonds. The van der Waals surface area contributed by atoms with Gasteiger partial charge < -0.3 is 9.47 Å². The van der Waals surface area contributed by atoms with Gasteiger partial charge in [0.05, 0.1) is 31.3 Å². The highest BCUT2D eigenvalue weighted by atomic mass is 79.9. The van der Waals surface area contributed by atoms with Gasteiger partial charge in [0.15, 0.2) is 17.3 Å². The number of halogens is 1. The number of aromatic nitrogens is 2. The zero-order valence-corrected chi connectivity index (χ0v) is 18.0. The minimum Gasteiger partial charge on any atom is -0.493 e. The monoisotopic (exact) mass is 463 g/mol. The molecule has 0 spiro atoms. The summed E-state index contributed by atoms with van der Waals surface area (Å²) < 4.78 is 12.9. The molecule has 0 radical (unpaired) electrons. The molecule has 30 heavy (non-hydrogen) atoms. The molecule has 4 rings (SSSR count). The Morgan fingerprint density at radius 3 is 2.47 bits per heavy atom. The van der Waals surface area contributed by atoms with Gasteiger partial charge in [-0.25, -0.2) is 4.98 Å². The lowest BCUT2D eigenvalue weighted by atomic mass is 10.1. The Balaban J connectivity index is 1.95. The molecule has 1 heterocycles. The highest BCUT2D eigenvalue weighted by Gasteiger charge is 2.15. The smallest absolute Gasteiger partial charge is 0.282 e. The molecule has 1 aromatic heterocycles. The number of ether oxygens (including phenoxy) is 2. The van der Waals surface area contributed by atoms with Crippen molar-refractivity contribution in [3.05, 3.63) is 87.1 Å². The van der Waals surface area contributed by atoms with Gasteiger partial charge in [0, 0.05) is 15.6 Å². The zero-order chi connectivity index (χ0) is 21.1. The van der Waals surface area contributed by atoms with Gasteiger partial charge in [0.1, 0.15) is 0 Å². The minimum atomic E-state index is -0.256. The van der Waals surface area contributed by atoms with Crippen molar-refractivity contribution in [1.29, 1.82) is 0 Å². The highest BCUT2D eigenvalue weighted by Crippen LogP contribution is 2.31. The molecular formula is C23H18BrN3O3. The van der Waals surface area contributed by atoms with E-state index in [2.05, 4.69) is 21.0 Å². The molecule has 4 aromatic rings. The second-order valence-corrected chi connectivity index (χ2v) is 7.26. The average Bonchev–Trinajstić information content (AvgIpc) is 2.79. The Hall–Kier alpha value is -3.45. The van der Waals surface area contributed by atoms with Gasteiger partial charge in [-0.2, -0.15) is 9.78 Å². The lowest BCUT2D eigenvalue weighted by Crippen LogP contribution is -2.20. The van der Waals surface area contributed by atoms with Crippen molar-refractivity contribution in [2.75, 3.05) is 14.2 Å². The molecule has 6 nitrogen and oxygen atoms in total. The first kappa shape index (κ1) is 19.8. The van der Waals surface area contributed by atoms with E-state index in [1.54, 1.807) is 38.6 Å². The summed E-state index contributed by atoms with van der Waals surface area (Å²) in [7, 11) is 3.14. The molecule has 0 aliphatic rings. The summed E-state index contributed by atoms with van der Waals surface area (Å²) in [5.74, 6) is 1.54. The largest absolute Gasteiger partial charge is 0.493 e. The quantitative estimate of drug-likeness (QED) is 0.401. The number of rotatable bonds is 5. The van der Waals surface area contributed by atoms with E-state index in [1.807, 2.05) is 48.5 Å². The topological polar surface area (TPSA) is 65.7 Å². The van der Waals surface area contributed by atoms with Gasteiger partial charge in [0.2, 0.25) is 0 Å². The summed E-state index contributed by atoms with van der Waals surface area (Å²) >= 11 is 3.50. The third-order valence-corrected chi connectivity index (χ3v) is 5.34. The number of methoxy groups -OCH3 is 2. The van der Waals surface area contributed by atoms with Crippen LogP contribution in [0.5, 0.6) is 11.5 Å². The first-order valence-corrected chi connectivity index (χ1v) is 9.94. The van der Waals surface area contributed by atoms with E-state index in [0.717, 1.165) is 10.0 Å². The normalized spacial score (nSPS) is 11.2. The SMILES string of the molecule is COc1ccc(-c2nc3ccccc3c(=O)n2/N=C/c2ccccc2Br)cc1OC. The van der Waals surface area contributed by atoms with Gasteiger partial charge in [0.25, 0.3) is 5.56 Å². The van der Waals surface area contributed by atoms with Crippen LogP contribution in [0.3, 0.4) is 0 Å². The second-order valence-electron chi connectivity index (χ2n) is 6.41. The van der Waals surface area contributed by atoms with Crippen molar-refractivity contribution >= 4 is 33.0 Å². The molecule has 0 fully saturated rings. The fraction of sp³-hybridized carbons (Fsp3) is 0.0870. The van der Waals surface area contributed by atoms with Crippen LogP contribution in [0.2, 0.25) is 0 Å². The van der Waals surface area contributed by atoms with E-state index in [4.69, 9.17) is 14.5 Å². The molecule has 0 aliphatic heterocycles. The number of hydrogen-bond donors (Lipinski definition) is 0. The van der Waals surface area contributed by atoms with Crippen molar-refractivity contribution in [3.8, 4) is 22.9 Å². The van der Waals surface area contributed by atoms with Crippen molar-refractivity contribution in [2.24, 2.45) is 5.10 Å². The van der Waals surface area contributed by atoms with Crippen LogP contribution in [-0.2, 0) is 0 Å². The molecule has 0 saturated heterocycles. The summed E-state index contributed by atoms with van der Waals surface area (Å²) in [4.78, 5) is 18.0. The van der Waals surface area contributed by atoms with Crippen molar-refractivity contribution in [1.82, 2.24) is 9.66 Å². The molecule has 0 bridgehead atoms. The Morgan fingerprint density at radius 2 is 1.70 bits per heavy atom. The van der Waals surface area contributed by atoms with Crippen molar-refractivity contribution in [2.45, 2.75) is 0 Å². The van der Waals surface area contributed by atoms with Gasteiger partial charge in [-0.15, -0.1) is 0 Å². The molecule has 0 N–H and O–H groups in total. The fourth-order valence-corrected chi connectivity index (χ4v) is 3.48. The number of fused-ring (bicyclic) bond motifs is 1. The van der Waals surface area contributed by atoms with Gasteiger partial charge in [-0.1, -0.05) is 46.3 Å². The number of para-hydroxylation sites is 1. The molecular weight excluding hydrogens is 446 g/mol. The van der Waals surface area contributed by atoms with Crippen LogP contribution in [0.15, 0.2) is 81.1 Å². The van der Waals surface area contributed by atoms with Crippen LogP contribution >= 0.6 is 15.9 Å². The molecule has 0 aliphatic carbocycles. The predicted molar refractivity (Wildman–Crippen MR) is 122 cm³/mol. The third kappa shape index (κ3) is 3.71. The van der Waals surface area contributed by atoms with Crippen LogP contribution in [0, 0.1) is 0 Å². The summed E-state index contributed by atoms with van der Waals surface area (Å²) in [6.07, 6.45) is 1.63. The summed E-state index contributed by atoms with van der Waals surface area (Å²) in [5, 5.41) is 4.97. The first-order valence-electron chi connectivity index (χ1n) is 9.15. The Labute approximate surface area is 181 Å². The van der Waals surface area contributed by atoms with Gasteiger partial charge in [-0.3, -0.25) is 4.79 Å². The van der Waals surface area contributed by atoms with Crippen LogP contribution < -0.4 is 15.0 Å². The van der Waals surface area contributed by atoms with Crippen LogP contribution in [0.4, 0.5) is 0 Å². The average molecular weight is 464 g/mol. The second kappa shape index (κ2) is 8.51. The van der Waals surface area contributed by atoms with Crippen molar-refractivity contribution in [3.63, 3.8) is 0 Å². The van der Waals surface area contributed by atoms with Crippen LogP contribution in [-0.4, -0.2) is 30.1 Å². The molecule has 0 saturated carbocycles. The Morgan fingerprint density at radius 1 is 0.967 bits per heavy atom. The number of hydrogen-bond acceptors (Lipinski definition) is 5. The maximum atomic E-state index is 13.2. The first-order chi connectivity index (χ1) is 14.6. The van der Waals surface area contributed by atoms with E-state index < -0.39 is 0 Å². The Bertz CT molecular complexity index is 1310. The predicted octanol–water partition coefficient (Wildman–Crippen LogP) is 4.73. The maximum Gasteiger partial charge on any atom is 0.282 e. The molecule has 0 atom stereocenters. The molecule has 3 aromatic carbocycles. The highest BCUT2D eigenvalue weighted by molar-refractivity contribution is 9.10. The van der Waals surface area contributed by atoms with E-state index in [-0.39, 0.29) is 5.56 Å². The number of nitrogens with zero attached hydrogens (tertiary/aromatic N) is 3. The zero-order valence-electron chi connectivity index (χ0n) is 16.4. The molecule has 150 valence electrons. The van der Waals surface area contributed by atoms with Crippen LogP contribution in [0.1, 0.15) is 5.56 Å². The van der Waals surface area contributed by atoms with E-state index in [0.29, 0.717) is 33.8 Å². The number of benzene rings is 3. The Kier molecular flexibility index (Phi) is 5.63. The minimum absolute atomic E-state index is 0.256. The maximum absolute atomic E-state index is 13.2. The summed E-state index contributed by atoms with van der Waals surface area (Å²) in [6.45, 7) is 0. The summed E-state index contributed by atoms with van der Waals surface area (Å²) in [5.41, 5.74) is 1.86. The lowest BCUT2D eigenvalue weighted by molar-refractivity contribution is 0.355. The van der Waals surface area contributed by atoms with E-state index in [1.165, 1.54) is 4.68 Å². The lowest BCUT2D eigenvalue weighted by Gasteiger charge is -2.12. The van der Waals surface area contributed by atoms with E-state index in [9.17, 15) is 4.79 Å². The van der Waals surface area contributed by atoms with Crippen LogP contribution in [0.25, 0.3) is 22.3 Å². The van der Waals surface area contributed by atoms with Gasteiger partial charge in [-0.05, 0) is 36.4 Å². The van der Waals surface area contributed by atoms with E-state index >= 15 is 0 Å². The van der Waals surface area contributed by atoms with Gasteiger partial charge >= 0.3 is 0 Å². The summed E-state index contributed by atoms with van der Waals surface area (Å²) in [6, 6.07) is 20.2. The van der Waals surface area contributed by atoms with Crippen molar-refractivity contribution < 1.29 is 9.47 Å². The third-order valence-electron chi connectivity index (χ3n) is 4.61. The standard InChI is InChI=1S/C23H18BrN3O3/c1-29-20-12-11-15(13-21(20)30-2)22-26-19-10-6-4-8-17(19)23(28)27(22)25-14-16-7-3-5-9-18(16)24/h3-14H,1-2H3/b25-14+. The fourth-order valence-electron chi connectivity index (χ4n) is 3.09. The molecule has 7 heteroatoms.